The van der Waals surface area contributed by atoms with Gasteiger partial charge in [-0.3, -0.25) is 0 Å². The Morgan fingerprint density at radius 2 is 1.75 bits per heavy atom. The number of aryl methyl sites for hydroxylation is 1. The van der Waals surface area contributed by atoms with Crippen LogP contribution in [0.2, 0.25) is 0 Å². The van der Waals surface area contributed by atoms with E-state index in [9.17, 15) is 13.2 Å². The Kier molecular flexibility index (Phi) is 6.31. The number of likely N-dealkylation sites (tertiary alicyclic amines) is 1. The van der Waals surface area contributed by atoms with Crippen LogP contribution in [0.5, 0.6) is 0 Å². The molecule has 10 heteroatoms. The Hall–Kier alpha value is -2.59. The van der Waals surface area contributed by atoms with Crippen molar-refractivity contribution in [2.45, 2.75) is 57.1 Å². The molecule has 192 valence electrons. The standard InChI is InChI=1S/C26H31BrN4O4S/c1-16-5-7-20(8-6-16)36(33,34)31-10-9-21-23(22(27)13-28-24(21)31)29-19-11-17-14-30(15-18(17)12-19)25(32)35-26(2,3)4/h5-10,13,17-19H,11-12,14-15H2,1-4H3,(H,28,29)/t17-,18+,19?. The summed E-state index contributed by atoms with van der Waals surface area (Å²) in [4.78, 5) is 19.0. The minimum Gasteiger partial charge on any atom is -0.444 e. The van der Waals surface area contributed by atoms with Crippen molar-refractivity contribution < 1.29 is 17.9 Å². The first-order chi connectivity index (χ1) is 16.9. The highest BCUT2D eigenvalue weighted by Crippen LogP contribution is 2.41. The van der Waals surface area contributed by atoms with Gasteiger partial charge >= 0.3 is 6.09 Å². The van der Waals surface area contributed by atoms with Gasteiger partial charge in [0.05, 0.1) is 15.1 Å². The summed E-state index contributed by atoms with van der Waals surface area (Å²) in [5.74, 6) is 0.829. The topological polar surface area (TPSA) is 93.5 Å². The van der Waals surface area contributed by atoms with Crippen molar-refractivity contribution in [3.05, 3.63) is 52.8 Å². The smallest absolute Gasteiger partial charge is 0.410 e. The molecule has 2 aromatic heterocycles. The molecular formula is C26H31BrN4O4S. The maximum absolute atomic E-state index is 13.3. The van der Waals surface area contributed by atoms with E-state index in [0.29, 0.717) is 30.6 Å². The van der Waals surface area contributed by atoms with Crippen LogP contribution in [-0.4, -0.2) is 53.1 Å². The second kappa shape index (κ2) is 9.06. The van der Waals surface area contributed by atoms with Gasteiger partial charge in [-0.15, -0.1) is 0 Å². The largest absolute Gasteiger partial charge is 0.444 e. The van der Waals surface area contributed by atoms with E-state index in [0.717, 1.165) is 34.0 Å². The van der Waals surface area contributed by atoms with E-state index < -0.39 is 15.6 Å². The summed E-state index contributed by atoms with van der Waals surface area (Å²) in [7, 11) is -3.77. The Bertz CT molecular complexity index is 1400. The Morgan fingerprint density at radius 3 is 2.36 bits per heavy atom. The third-order valence-corrected chi connectivity index (χ3v) is 9.25. The molecule has 1 aliphatic heterocycles. The Labute approximate surface area is 220 Å². The molecule has 2 fully saturated rings. The number of halogens is 1. The van der Waals surface area contributed by atoms with Crippen molar-refractivity contribution in [2.24, 2.45) is 11.8 Å². The zero-order chi connectivity index (χ0) is 25.8. The van der Waals surface area contributed by atoms with Crippen molar-refractivity contribution in [2.75, 3.05) is 18.4 Å². The number of nitrogens with one attached hydrogen (secondary N) is 1. The van der Waals surface area contributed by atoms with Gasteiger partial charge < -0.3 is 15.0 Å². The average molecular weight is 576 g/mol. The lowest BCUT2D eigenvalue weighted by molar-refractivity contribution is 0.0280. The second-order valence-corrected chi connectivity index (χ2v) is 13.5. The van der Waals surface area contributed by atoms with Crippen molar-refractivity contribution in [1.29, 1.82) is 0 Å². The predicted molar refractivity (Wildman–Crippen MR) is 143 cm³/mol. The number of pyridine rings is 1. The van der Waals surface area contributed by atoms with Gasteiger partial charge in [-0.25, -0.2) is 22.2 Å². The number of ether oxygens (including phenoxy) is 1. The third-order valence-electron chi connectivity index (χ3n) is 6.96. The summed E-state index contributed by atoms with van der Waals surface area (Å²) in [6.07, 6.45) is 4.83. The molecule has 3 atom stereocenters. The molecule has 1 saturated carbocycles. The highest BCUT2D eigenvalue weighted by Gasteiger charge is 2.43. The van der Waals surface area contributed by atoms with Gasteiger partial charge in [0.25, 0.3) is 10.0 Å². The molecular weight excluding hydrogens is 544 g/mol. The molecule has 36 heavy (non-hydrogen) atoms. The van der Waals surface area contributed by atoms with Crippen molar-refractivity contribution in [3.8, 4) is 0 Å². The fraction of sp³-hybridized carbons (Fsp3) is 0.462. The molecule has 0 radical (unpaired) electrons. The van der Waals surface area contributed by atoms with E-state index in [4.69, 9.17) is 4.74 Å². The summed E-state index contributed by atoms with van der Waals surface area (Å²) in [6.45, 7) is 8.98. The molecule has 1 aliphatic carbocycles. The van der Waals surface area contributed by atoms with E-state index in [-0.39, 0.29) is 17.0 Å². The van der Waals surface area contributed by atoms with E-state index in [1.165, 1.54) is 3.97 Å². The highest BCUT2D eigenvalue weighted by molar-refractivity contribution is 9.10. The van der Waals surface area contributed by atoms with Crippen LogP contribution >= 0.6 is 15.9 Å². The number of benzene rings is 1. The maximum atomic E-state index is 13.3. The summed E-state index contributed by atoms with van der Waals surface area (Å²) in [5, 5.41) is 4.39. The lowest BCUT2D eigenvalue weighted by atomic mass is 10.0. The molecule has 2 aliphatic rings. The predicted octanol–water partition coefficient (Wildman–Crippen LogP) is 5.40. The van der Waals surface area contributed by atoms with E-state index >= 15 is 0 Å². The zero-order valence-electron chi connectivity index (χ0n) is 20.9. The third kappa shape index (κ3) is 4.72. The first-order valence-electron chi connectivity index (χ1n) is 12.1. The van der Waals surface area contributed by atoms with Crippen molar-refractivity contribution in [1.82, 2.24) is 13.9 Å². The number of rotatable bonds is 4. The van der Waals surface area contributed by atoms with Gasteiger partial charge in [-0.1, -0.05) is 17.7 Å². The van der Waals surface area contributed by atoms with Crippen LogP contribution in [-0.2, 0) is 14.8 Å². The van der Waals surface area contributed by atoms with Crippen LogP contribution in [0.3, 0.4) is 0 Å². The molecule has 3 heterocycles. The number of carbonyl (C=O) groups is 1. The SMILES string of the molecule is Cc1ccc(S(=O)(=O)n2ccc3c(NC4C[C@@H]5CN(C(=O)OC(C)(C)C)C[C@@H]5C4)c(Br)cnc32)cc1. The summed E-state index contributed by atoms with van der Waals surface area (Å²) in [6, 6.07) is 8.83. The number of hydrogen-bond donors (Lipinski definition) is 1. The van der Waals surface area contributed by atoms with Gasteiger partial charge in [-0.05, 0) is 86.5 Å². The average Bonchev–Trinajstić information content (AvgIpc) is 3.48. The summed E-state index contributed by atoms with van der Waals surface area (Å²) < 4.78 is 34.2. The van der Waals surface area contributed by atoms with Gasteiger partial charge in [0, 0.05) is 36.9 Å². The molecule has 1 saturated heterocycles. The number of amides is 1. The van der Waals surface area contributed by atoms with Crippen LogP contribution in [0, 0.1) is 18.8 Å². The Morgan fingerprint density at radius 1 is 1.11 bits per heavy atom. The molecule has 1 unspecified atom stereocenters. The van der Waals surface area contributed by atoms with Crippen molar-refractivity contribution in [3.63, 3.8) is 0 Å². The minimum atomic E-state index is -3.77. The summed E-state index contributed by atoms with van der Waals surface area (Å²) >= 11 is 3.60. The van der Waals surface area contributed by atoms with Crippen molar-refractivity contribution >= 4 is 48.8 Å². The Balaban J connectivity index is 1.34. The first kappa shape index (κ1) is 25.1. The van der Waals surface area contributed by atoms with Crippen LogP contribution in [0.1, 0.15) is 39.2 Å². The first-order valence-corrected chi connectivity index (χ1v) is 14.4. The number of hydrogen-bond acceptors (Lipinski definition) is 6. The monoisotopic (exact) mass is 574 g/mol. The van der Waals surface area contributed by atoms with Crippen LogP contribution in [0.4, 0.5) is 10.5 Å². The molecule has 5 rings (SSSR count). The van der Waals surface area contributed by atoms with Crippen LogP contribution in [0.15, 0.2) is 52.1 Å². The highest BCUT2D eigenvalue weighted by atomic mass is 79.9. The molecule has 3 aromatic rings. The van der Waals surface area contributed by atoms with E-state index in [1.54, 1.807) is 42.7 Å². The quantitative estimate of drug-likeness (QED) is 0.448. The zero-order valence-corrected chi connectivity index (χ0v) is 23.3. The molecule has 8 nitrogen and oxygen atoms in total. The molecule has 1 N–H and O–H groups in total. The molecule has 1 amide bonds. The maximum Gasteiger partial charge on any atom is 0.410 e. The van der Waals surface area contributed by atoms with Gasteiger partial charge in [0.15, 0.2) is 5.65 Å². The van der Waals surface area contributed by atoms with E-state index in [1.807, 2.05) is 32.6 Å². The number of fused-ring (bicyclic) bond motifs is 2. The molecule has 0 spiro atoms. The molecule has 0 bridgehead atoms. The second-order valence-electron chi connectivity index (χ2n) is 10.9. The van der Waals surface area contributed by atoms with Gasteiger partial charge in [0.1, 0.15) is 5.60 Å². The molecule has 1 aromatic carbocycles. The van der Waals surface area contributed by atoms with Crippen LogP contribution in [0.25, 0.3) is 11.0 Å². The van der Waals surface area contributed by atoms with Crippen LogP contribution < -0.4 is 5.32 Å². The van der Waals surface area contributed by atoms with Gasteiger partial charge in [0.2, 0.25) is 0 Å². The normalized spacial score (nSPS) is 22.1. The minimum absolute atomic E-state index is 0.222. The van der Waals surface area contributed by atoms with E-state index in [2.05, 4.69) is 26.2 Å². The lowest BCUT2D eigenvalue weighted by Crippen LogP contribution is -2.36. The number of nitrogens with zero attached hydrogens (tertiary/aromatic N) is 3. The number of carbonyl (C=O) groups excluding carboxylic acids is 1. The number of anilines is 1. The lowest BCUT2D eigenvalue weighted by Gasteiger charge is -2.25. The fourth-order valence-corrected chi connectivity index (χ4v) is 7.03. The number of aromatic nitrogens is 2. The summed E-state index contributed by atoms with van der Waals surface area (Å²) in [5.41, 5.74) is 1.72. The fourth-order valence-electron chi connectivity index (χ4n) is 5.30. The van der Waals surface area contributed by atoms with Gasteiger partial charge in [-0.2, -0.15) is 0 Å².